The van der Waals surface area contributed by atoms with E-state index in [2.05, 4.69) is 25.4 Å². The van der Waals surface area contributed by atoms with E-state index < -0.39 is 60.2 Å². The second-order valence-corrected chi connectivity index (χ2v) is 16.2. The van der Waals surface area contributed by atoms with Crippen molar-refractivity contribution in [2.24, 2.45) is 5.73 Å². The number of nitrogen functional groups attached to an aromatic ring is 1. The number of aromatic nitrogens is 2. The minimum absolute atomic E-state index is 0.0191. The van der Waals surface area contributed by atoms with Gasteiger partial charge in [-0.2, -0.15) is 13.6 Å². The zero-order valence-corrected chi connectivity index (χ0v) is 27.7. The van der Waals surface area contributed by atoms with Gasteiger partial charge in [0.2, 0.25) is 0 Å². The van der Waals surface area contributed by atoms with Gasteiger partial charge in [-0.25, -0.2) is 23.3 Å². The molecule has 248 valence electrons. The molecule has 8 N–H and O–H groups in total. The monoisotopic (exact) mass is 730 g/mol. The first-order valence-electron chi connectivity index (χ1n) is 12.5. The summed E-state index contributed by atoms with van der Waals surface area (Å²) in [6.07, 6.45) is -0.980. The minimum atomic E-state index is -5.80. The molecule has 1 saturated heterocycles. The molecule has 2 aromatic rings. The first kappa shape index (κ1) is 37.4. The van der Waals surface area contributed by atoms with Gasteiger partial charge >= 0.3 is 35.1 Å². The molecule has 0 spiro atoms. The molecule has 4 unspecified atom stereocenters. The lowest BCUT2D eigenvalue weighted by atomic mass is 10.0. The van der Waals surface area contributed by atoms with E-state index in [1.807, 2.05) is 13.2 Å². The van der Waals surface area contributed by atoms with Gasteiger partial charge < -0.3 is 40.5 Å². The number of phosphoric acid groups is 3. The second-order valence-electron chi connectivity index (χ2n) is 8.92. The standard InChI is InChI=1S/C22H29N4O14P3S2/c1-13(45-44-2)15-7-3-4-8-16(15)21(27)38-17-10-19(26-11-14(6-5-9-23)20(24)25-22(26)28)37-18(17)12-36-42(32,33)40-43(34,35)39-41(29,30)31/h3-4,7-8,11,13,17-19H,9-10,12,23H2,1-2H3,(H,32,33)(H,34,35)(H2,24,25,28)(H2,29,30,31)/t13?,17?,18-,19-/m1/s1. The van der Waals surface area contributed by atoms with Gasteiger partial charge in [0.1, 0.15) is 24.3 Å². The predicted octanol–water partition coefficient (Wildman–Crippen LogP) is 2.06. The Morgan fingerprint density at radius 2 is 1.89 bits per heavy atom. The maximum absolute atomic E-state index is 13.4. The molecule has 0 amide bonds. The SMILES string of the molecule is CSSC(C)c1ccccc1C(=O)OC1C[C@H](n2cc(C#CCN)c(N)nc2=O)O[C@@H]1COP(=O)(O)OP(=O)(O)OP(=O)(O)O. The summed E-state index contributed by atoms with van der Waals surface area (Å²) >= 11 is 0. The maximum Gasteiger partial charge on any atom is 0.490 e. The van der Waals surface area contributed by atoms with Gasteiger partial charge in [-0.3, -0.25) is 9.09 Å². The predicted molar refractivity (Wildman–Crippen MR) is 162 cm³/mol. The molecule has 0 saturated carbocycles. The van der Waals surface area contributed by atoms with Crippen LogP contribution in [0.15, 0.2) is 35.3 Å². The summed E-state index contributed by atoms with van der Waals surface area (Å²) in [5, 5.41) is -0.120. The van der Waals surface area contributed by atoms with Crippen molar-refractivity contribution < 1.29 is 60.7 Å². The number of hydrogen-bond acceptors (Lipinski definition) is 15. The van der Waals surface area contributed by atoms with Crippen molar-refractivity contribution in [2.75, 3.05) is 25.1 Å². The fourth-order valence-electron chi connectivity index (χ4n) is 3.98. The number of carbonyl (C=O) groups excluding carboxylic acids is 1. The van der Waals surface area contributed by atoms with Crippen LogP contribution in [0.4, 0.5) is 5.82 Å². The van der Waals surface area contributed by atoms with E-state index in [1.165, 1.54) is 27.8 Å². The summed E-state index contributed by atoms with van der Waals surface area (Å²) < 4.78 is 59.7. The minimum Gasteiger partial charge on any atom is -0.456 e. The summed E-state index contributed by atoms with van der Waals surface area (Å²) in [5.41, 5.74) is 11.3. The Kier molecular flexibility index (Phi) is 13.1. The van der Waals surface area contributed by atoms with Gasteiger partial charge in [0.25, 0.3) is 0 Å². The van der Waals surface area contributed by atoms with Crippen LogP contribution in [0, 0.1) is 11.8 Å². The number of hydrogen-bond donors (Lipinski definition) is 6. The van der Waals surface area contributed by atoms with Crippen molar-refractivity contribution in [3.63, 3.8) is 0 Å². The van der Waals surface area contributed by atoms with E-state index in [0.717, 1.165) is 4.57 Å². The van der Waals surface area contributed by atoms with Crippen LogP contribution in [0.5, 0.6) is 0 Å². The van der Waals surface area contributed by atoms with Crippen LogP contribution >= 0.6 is 45.1 Å². The first-order chi connectivity index (χ1) is 20.9. The lowest BCUT2D eigenvalue weighted by Gasteiger charge is -2.22. The fraction of sp³-hybridized carbons (Fsp3) is 0.409. The molecule has 2 heterocycles. The number of nitrogens with two attached hydrogens (primary N) is 2. The van der Waals surface area contributed by atoms with Gasteiger partial charge in [0, 0.05) is 17.9 Å². The number of carbonyl (C=O) groups is 1. The van der Waals surface area contributed by atoms with Crippen LogP contribution in [-0.4, -0.2) is 66.7 Å². The van der Waals surface area contributed by atoms with E-state index >= 15 is 0 Å². The molecule has 1 aromatic carbocycles. The lowest BCUT2D eigenvalue weighted by Crippen LogP contribution is -2.31. The van der Waals surface area contributed by atoms with Crippen LogP contribution in [0.1, 0.15) is 46.3 Å². The van der Waals surface area contributed by atoms with Crippen molar-refractivity contribution in [2.45, 2.75) is 37.0 Å². The number of nitrogens with zero attached hydrogens (tertiary/aromatic N) is 2. The third-order valence-electron chi connectivity index (χ3n) is 5.73. The number of anilines is 1. The van der Waals surface area contributed by atoms with Gasteiger partial charge in [0.05, 0.1) is 24.3 Å². The number of phosphoric ester groups is 1. The van der Waals surface area contributed by atoms with Crippen LogP contribution in [0.3, 0.4) is 0 Å². The first-order valence-corrected chi connectivity index (χ1v) is 19.6. The topological polar surface area (TPSA) is 282 Å². The number of ether oxygens (including phenoxy) is 2. The Morgan fingerprint density at radius 1 is 1.20 bits per heavy atom. The molecule has 18 nitrogen and oxygen atoms in total. The van der Waals surface area contributed by atoms with E-state index in [4.69, 9.17) is 35.3 Å². The Hall–Kier alpha value is -2.04. The highest BCUT2D eigenvalue weighted by Crippen LogP contribution is 2.66. The molecule has 1 fully saturated rings. The van der Waals surface area contributed by atoms with Crippen molar-refractivity contribution in [3.05, 3.63) is 57.6 Å². The van der Waals surface area contributed by atoms with Gasteiger partial charge in [-0.05, 0) is 24.8 Å². The zero-order valence-electron chi connectivity index (χ0n) is 23.4. The second kappa shape index (κ2) is 15.7. The Balaban J connectivity index is 1.91. The molecule has 23 heteroatoms. The molecule has 1 aromatic heterocycles. The van der Waals surface area contributed by atoms with Crippen LogP contribution in [-0.2, 0) is 36.3 Å². The number of benzene rings is 1. The highest BCUT2D eigenvalue weighted by molar-refractivity contribution is 8.76. The lowest BCUT2D eigenvalue weighted by molar-refractivity contribution is -0.0511. The Bertz CT molecular complexity index is 1660. The molecular weight excluding hydrogens is 701 g/mol. The third kappa shape index (κ3) is 11.0. The van der Waals surface area contributed by atoms with Crippen LogP contribution in [0.25, 0.3) is 0 Å². The highest BCUT2D eigenvalue weighted by Gasteiger charge is 2.44. The molecule has 0 aliphatic carbocycles. The van der Waals surface area contributed by atoms with Gasteiger partial charge in [-0.1, -0.05) is 51.6 Å². The number of rotatable bonds is 13. The molecular formula is C22H29N4O14P3S2. The Labute approximate surface area is 264 Å². The Morgan fingerprint density at radius 3 is 2.53 bits per heavy atom. The number of esters is 1. The molecule has 1 aliphatic rings. The molecule has 6 atom stereocenters. The summed E-state index contributed by atoms with van der Waals surface area (Å²) in [5.74, 6) is 4.24. The average Bonchev–Trinajstić information content (AvgIpc) is 3.31. The summed E-state index contributed by atoms with van der Waals surface area (Å²) in [7, 11) is -14.0. The van der Waals surface area contributed by atoms with Crippen LogP contribution < -0.4 is 17.2 Å². The van der Waals surface area contributed by atoms with E-state index in [0.29, 0.717) is 5.56 Å². The molecule has 0 radical (unpaired) electrons. The van der Waals surface area contributed by atoms with Crippen molar-refractivity contribution in [3.8, 4) is 11.8 Å². The zero-order chi connectivity index (χ0) is 33.6. The van der Waals surface area contributed by atoms with Crippen molar-refractivity contribution >= 4 is 56.8 Å². The van der Waals surface area contributed by atoms with E-state index in [9.17, 15) is 33.1 Å². The smallest absolute Gasteiger partial charge is 0.456 e. The quantitative estimate of drug-likeness (QED) is 0.0744. The van der Waals surface area contributed by atoms with Gasteiger partial charge in [0.15, 0.2) is 0 Å². The van der Waals surface area contributed by atoms with Crippen molar-refractivity contribution in [1.29, 1.82) is 0 Å². The average molecular weight is 731 g/mol. The van der Waals surface area contributed by atoms with E-state index in [1.54, 1.807) is 24.3 Å². The largest absolute Gasteiger partial charge is 0.490 e. The molecule has 1 aliphatic heterocycles. The summed E-state index contributed by atoms with van der Waals surface area (Å²) in [6.45, 7) is 0.920. The van der Waals surface area contributed by atoms with Crippen molar-refractivity contribution in [1.82, 2.24) is 9.55 Å². The molecule has 3 rings (SSSR count). The molecule has 45 heavy (non-hydrogen) atoms. The van der Waals surface area contributed by atoms with Gasteiger partial charge in [-0.15, -0.1) is 0 Å². The normalized spacial score (nSPS) is 21.6. The maximum atomic E-state index is 13.4. The third-order valence-corrected chi connectivity index (χ3v) is 11.7. The molecule has 0 bridgehead atoms. The highest BCUT2D eigenvalue weighted by atomic mass is 33.1. The van der Waals surface area contributed by atoms with Crippen LogP contribution in [0.2, 0.25) is 0 Å². The summed E-state index contributed by atoms with van der Waals surface area (Å²) in [4.78, 5) is 66.7. The van der Waals surface area contributed by atoms with E-state index in [-0.39, 0.29) is 35.2 Å². The summed E-state index contributed by atoms with van der Waals surface area (Å²) in [6, 6.07) is 6.66. The fourth-order valence-corrected chi connectivity index (χ4v) is 8.79.